The molecule has 0 bridgehead atoms. The van der Waals surface area contributed by atoms with Gasteiger partial charge in [-0.3, -0.25) is 9.59 Å². The van der Waals surface area contributed by atoms with Gasteiger partial charge in [-0.2, -0.15) is 0 Å². The first-order valence-electron chi connectivity index (χ1n) is 25.8. The van der Waals surface area contributed by atoms with Gasteiger partial charge in [-0.05, 0) is 83.5 Å². The van der Waals surface area contributed by atoms with Crippen LogP contribution in [0.15, 0.2) is 60.8 Å². The lowest BCUT2D eigenvalue weighted by atomic mass is 10.1. The minimum atomic E-state index is -0.543. The summed E-state index contributed by atoms with van der Waals surface area (Å²) in [5.74, 6) is -0.411. The van der Waals surface area contributed by atoms with Crippen LogP contribution in [0.5, 0.6) is 0 Å². The Hall–Kier alpha value is -2.40. The summed E-state index contributed by atoms with van der Waals surface area (Å²) in [5.41, 5.74) is 0. The van der Waals surface area contributed by atoms with Gasteiger partial charge in [-0.25, -0.2) is 0 Å². The van der Waals surface area contributed by atoms with Crippen LogP contribution < -0.4 is 0 Å². The molecular formula is C55H98O5. The Morgan fingerprint density at radius 1 is 0.383 bits per heavy atom. The van der Waals surface area contributed by atoms with E-state index in [-0.39, 0.29) is 25.2 Å². The molecule has 0 saturated heterocycles. The molecule has 0 aliphatic heterocycles. The van der Waals surface area contributed by atoms with Crippen LogP contribution in [0.3, 0.4) is 0 Å². The molecule has 0 N–H and O–H groups in total. The van der Waals surface area contributed by atoms with Crippen molar-refractivity contribution in [3.05, 3.63) is 60.8 Å². The standard InChI is InChI=1S/C55H98O5/c1-4-7-10-13-16-19-22-24-26-27-28-30-32-35-38-41-44-47-50-58-51-53(60-55(57)49-46-43-40-37-33-21-18-15-12-9-6-3)52-59-54(56)48-45-42-39-36-34-31-29-25-23-20-17-14-11-8-5-2/h7,10,16-17,19-20,24-26,29,53H,4-6,8-9,11-15,18,21-23,27-28,30-52H2,1-3H3/b10-7-,19-16-,20-17-,26-24-,29-25-. The average Bonchev–Trinajstić information content (AvgIpc) is 3.25. The van der Waals surface area contributed by atoms with Crippen molar-refractivity contribution in [3.8, 4) is 0 Å². The second kappa shape index (κ2) is 51.0. The normalized spacial score (nSPS) is 12.7. The predicted molar refractivity (Wildman–Crippen MR) is 261 cm³/mol. The van der Waals surface area contributed by atoms with Gasteiger partial charge in [0.2, 0.25) is 0 Å². The van der Waals surface area contributed by atoms with Crippen LogP contribution in [-0.2, 0) is 23.8 Å². The first-order valence-corrected chi connectivity index (χ1v) is 25.8. The van der Waals surface area contributed by atoms with Crippen molar-refractivity contribution in [2.45, 2.75) is 258 Å². The van der Waals surface area contributed by atoms with E-state index in [0.717, 1.165) is 77.0 Å². The van der Waals surface area contributed by atoms with Gasteiger partial charge < -0.3 is 14.2 Å². The number of rotatable bonds is 47. The van der Waals surface area contributed by atoms with E-state index in [1.807, 2.05) is 0 Å². The zero-order chi connectivity index (χ0) is 43.5. The molecule has 0 aromatic rings. The van der Waals surface area contributed by atoms with Crippen molar-refractivity contribution in [1.82, 2.24) is 0 Å². The van der Waals surface area contributed by atoms with E-state index >= 15 is 0 Å². The highest BCUT2D eigenvalue weighted by Gasteiger charge is 2.17. The quantitative estimate of drug-likeness (QED) is 0.0347. The Balaban J connectivity index is 4.25. The lowest BCUT2D eigenvalue weighted by Gasteiger charge is -2.18. The summed E-state index contributed by atoms with van der Waals surface area (Å²) in [4.78, 5) is 25.3. The van der Waals surface area contributed by atoms with Gasteiger partial charge >= 0.3 is 11.9 Å². The maximum atomic E-state index is 12.8. The van der Waals surface area contributed by atoms with Crippen molar-refractivity contribution in [1.29, 1.82) is 0 Å². The Morgan fingerprint density at radius 2 is 0.750 bits per heavy atom. The van der Waals surface area contributed by atoms with E-state index in [1.165, 1.54) is 141 Å². The summed E-state index contributed by atoms with van der Waals surface area (Å²) >= 11 is 0. The van der Waals surface area contributed by atoms with Gasteiger partial charge in [0.1, 0.15) is 6.61 Å². The second-order valence-electron chi connectivity index (χ2n) is 17.0. The van der Waals surface area contributed by atoms with Gasteiger partial charge in [-0.1, -0.05) is 216 Å². The van der Waals surface area contributed by atoms with E-state index < -0.39 is 6.10 Å². The molecule has 60 heavy (non-hydrogen) atoms. The van der Waals surface area contributed by atoms with Crippen LogP contribution in [0.25, 0.3) is 0 Å². The predicted octanol–water partition coefficient (Wildman–Crippen LogP) is 17.3. The molecule has 348 valence electrons. The third-order valence-corrected chi connectivity index (χ3v) is 11.0. The fourth-order valence-corrected chi connectivity index (χ4v) is 7.20. The Morgan fingerprint density at radius 3 is 1.23 bits per heavy atom. The number of allylic oxidation sites excluding steroid dienone is 10. The topological polar surface area (TPSA) is 61.8 Å². The molecule has 1 unspecified atom stereocenters. The highest BCUT2D eigenvalue weighted by molar-refractivity contribution is 5.70. The van der Waals surface area contributed by atoms with E-state index in [9.17, 15) is 9.59 Å². The summed E-state index contributed by atoms with van der Waals surface area (Å²) in [5, 5.41) is 0. The van der Waals surface area contributed by atoms with Crippen LogP contribution in [0.2, 0.25) is 0 Å². The summed E-state index contributed by atoms with van der Waals surface area (Å²) in [7, 11) is 0. The molecular weight excluding hydrogens is 741 g/mol. The lowest BCUT2D eigenvalue weighted by Crippen LogP contribution is -2.30. The molecule has 0 aliphatic carbocycles. The molecule has 0 spiro atoms. The van der Waals surface area contributed by atoms with Gasteiger partial charge in [0.05, 0.1) is 6.61 Å². The fourth-order valence-electron chi connectivity index (χ4n) is 7.20. The molecule has 5 heteroatoms. The SMILES string of the molecule is CC/C=C\C/C=C\C/C=C\CCCCCCCCCCOCC(COC(=O)CCCCCCC/C=C\C/C=C\CCCCC)OC(=O)CCCCCCCCCCCCC. The molecule has 0 amide bonds. The summed E-state index contributed by atoms with van der Waals surface area (Å²) in [6.07, 6.45) is 63.7. The van der Waals surface area contributed by atoms with E-state index in [2.05, 4.69) is 81.5 Å². The van der Waals surface area contributed by atoms with Gasteiger partial charge in [-0.15, -0.1) is 0 Å². The average molecular weight is 839 g/mol. The highest BCUT2D eigenvalue weighted by atomic mass is 16.6. The zero-order valence-electron chi connectivity index (χ0n) is 40.0. The van der Waals surface area contributed by atoms with Crippen LogP contribution in [0.1, 0.15) is 252 Å². The first kappa shape index (κ1) is 57.6. The van der Waals surface area contributed by atoms with Crippen LogP contribution in [0, 0.1) is 0 Å². The van der Waals surface area contributed by atoms with Gasteiger partial charge in [0.25, 0.3) is 0 Å². The second-order valence-corrected chi connectivity index (χ2v) is 17.0. The number of unbranched alkanes of at least 4 members (excludes halogenated alkanes) is 26. The van der Waals surface area contributed by atoms with Crippen LogP contribution in [-0.4, -0.2) is 37.9 Å². The number of esters is 2. The first-order chi connectivity index (χ1) is 29.6. The lowest BCUT2D eigenvalue weighted by molar-refractivity contribution is -0.163. The van der Waals surface area contributed by atoms with Crippen molar-refractivity contribution >= 4 is 11.9 Å². The summed E-state index contributed by atoms with van der Waals surface area (Å²) in [6.45, 7) is 7.68. The molecule has 0 heterocycles. The Labute approximate surface area is 373 Å². The number of hydrogen-bond donors (Lipinski definition) is 0. The van der Waals surface area contributed by atoms with Gasteiger partial charge in [0.15, 0.2) is 6.10 Å². The largest absolute Gasteiger partial charge is 0.462 e. The molecule has 0 aliphatic rings. The minimum Gasteiger partial charge on any atom is -0.462 e. The Bertz CT molecular complexity index is 1040. The summed E-state index contributed by atoms with van der Waals surface area (Å²) < 4.78 is 17.4. The molecule has 1 atom stereocenters. The number of carbonyl (C=O) groups excluding carboxylic acids is 2. The van der Waals surface area contributed by atoms with Crippen LogP contribution in [0.4, 0.5) is 0 Å². The Kier molecular flexibility index (Phi) is 48.9. The number of carbonyl (C=O) groups is 2. The van der Waals surface area contributed by atoms with Crippen molar-refractivity contribution in [2.24, 2.45) is 0 Å². The van der Waals surface area contributed by atoms with Crippen molar-refractivity contribution in [2.75, 3.05) is 19.8 Å². The number of ether oxygens (including phenoxy) is 3. The van der Waals surface area contributed by atoms with E-state index in [1.54, 1.807) is 0 Å². The molecule has 0 rings (SSSR count). The fraction of sp³-hybridized carbons (Fsp3) is 0.782. The van der Waals surface area contributed by atoms with Crippen molar-refractivity contribution in [3.63, 3.8) is 0 Å². The third-order valence-electron chi connectivity index (χ3n) is 11.0. The van der Waals surface area contributed by atoms with Crippen molar-refractivity contribution < 1.29 is 23.8 Å². The monoisotopic (exact) mass is 839 g/mol. The maximum absolute atomic E-state index is 12.8. The molecule has 0 aromatic carbocycles. The third kappa shape index (κ3) is 48.3. The molecule has 5 nitrogen and oxygen atoms in total. The van der Waals surface area contributed by atoms with Gasteiger partial charge in [0, 0.05) is 19.4 Å². The maximum Gasteiger partial charge on any atom is 0.306 e. The van der Waals surface area contributed by atoms with Crippen LogP contribution >= 0.6 is 0 Å². The number of hydrogen-bond acceptors (Lipinski definition) is 5. The van der Waals surface area contributed by atoms with E-state index in [4.69, 9.17) is 14.2 Å². The molecule has 0 fully saturated rings. The molecule has 0 aromatic heterocycles. The highest BCUT2D eigenvalue weighted by Crippen LogP contribution is 2.14. The minimum absolute atomic E-state index is 0.0763. The smallest absolute Gasteiger partial charge is 0.306 e. The summed E-state index contributed by atoms with van der Waals surface area (Å²) in [6, 6.07) is 0. The molecule has 0 saturated carbocycles. The molecule has 0 radical (unpaired) electrons. The zero-order valence-corrected chi connectivity index (χ0v) is 40.0. The van der Waals surface area contributed by atoms with E-state index in [0.29, 0.717) is 19.4 Å².